The highest BCUT2D eigenvalue weighted by Crippen LogP contribution is 2.16. The molecule has 5 heteroatoms. The topological polar surface area (TPSA) is 58.2 Å². The molecule has 1 atom stereocenters. The lowest BCUT2D eigenvalue weighted by molar-refractivity contribution is -0.136. The van der Waals surface area contributed by atoms with Crippen LogP contribution in [0.4, 0.5) is 5.69 Å². The summed E-state index contributed by atoms with van der Waals surface area (Å²) in [6.07, 6.45) is 0.961. The minimum absolute atomic E-state index is 0.251. The highest BCUT2D eigenvalue weighted by molar-refractivity contribution is 6.40. The molecular weight excluding hydrogens is 312 g/mol. The number of halogens is 1. The first kappa shape index (κ1) is 17.0. The first-order valence-corrected chi connectivity index (χ1v) is 7.83. The first-order valence-electron chi connectivity index (χ1n) is 7.46. The van der Waals surface area contributed by atoms with Crippen LogP contribution < -0.4 is 10.6 Å². The van der Waals surface area contributed by atoms with Gasteiger partial charge < -0.3 is 10.6 Å². The third-order valence-electron chi connectivity index (χ3n) is 3.52. The van der Waals surface area contributed by atoms with Gasteiger partial charge in [-0.25, -0.2) is 0 Å². The van der Waals surface area contributed by atoms with Crippen molar-refractivity contribution in [2.75, 3.05) is 5.32 Å². The molecule has 0 aliphatic rings. The maximum Gasteiger partial charge on any atom is 0.313 e. The fourth-order valence-electron chi connectivity index (χ4n) is 2.14. The van der Waals surface area contributed by atoms with E-state index in [-0.39, 0.29) is 6.04 Å². The van der Waals surface area contributed by atoms with Gasteiger partial charge in [-0.15, -0.1) is 0 Å². The number of aryl methyl sites for hydroxylation is 1. The normalized spacial score (nSPS) is 11.6. The van der Waals surface area contributed by atoms with Crippen LogP contribution in [0, 0.1) is 0 Å². The van der Waals surface area contributed by atoms with Crippen LogP contribution in [-0.2, 0) is 16.0 Å². The second-order valence-corrected chi connectivity index (χ2v) is 5.69. The highest BCUT2D eigenvalue weighted by atomic mass is 35.5. The molecule has 2 rings (SSSR count). The van der Waals surface area contributed by atoms with E-state index in [9.17, 15) is 9.59 Å². The molecule has 0 saturated heterocycles. The average molecular weight is 331 g/mol. The lowest BCUT2D eigenvalue weighted by atomic mass is 10.1. The number of benzene rings is 2. The van der Waals surface area contributed by atoms with Gasteiger partial charge in [-0.3, -0.25) is 9.59 Å². The molecule has 0 aromatic heterocycles. The number of carbonyl (C=O) groups excluding carboxylic acids is 2. The van der Waals surface area contributed by atoms with Gasteiger partial charge in [-0.1, -0.05) is 48.9 Å². The zero-order valence-corrected chi connectivity index (χ0v) is 13.9. The Morgan fingerprint density at radius 1 is 1.09 bits per heavy atom. The largest absolute Gasteiger partial charge is 0.341 e. The Morgan fingerprint density at radius 2 is 1.78 bits per heavy atom. The number of amides is 2. The minimum atomic E-state index is -0.718. The van der Waals surface area contributed by atoms with Gasteiger partial charge in [0.2, 0.25) is 0 Å². The van der Waals surface area contributed by atoms with Gasteiger partial charge in [0.05, 0.1) is 6.04 Å². The van der Waals surface area contributed by atoms with E-state index >= 15 is 0 Å². The summed E-state index contributed by atoms with van der Waals surface area (Å²) in [6, 6.07) is 14.3. The molecule has 1 unspecified atom stereocenters. The predicted molar refractivity (Wildman–Crippen MR) is 92.5 cm³/mol. The van der Waals surface area contributed by atoms with Gasteiger partial charge in [-0.2, -0.15) is 0 Å². The van der Waals surface area contributed by atoms with Crippen molar-refractivity contribution in [3.8, 4) is 0 Å². The van der Waals surface area contributed by atoms with Crippen molar-refractivity contribution in [1.82, 2.24) is 5.32 Å². The van der Waals surface area contributed by atoms with E-state index in [1.165, 1.54) is 5.56 Å². The molecule has 0 saturated carbocycles. The molecule has 23 heavy (non-hydrogen) atoms. The number of anilines is 1. The molecule has 0 bridgehead atoms. The van der Waals surface area contributed by atoms with Crippen molar-refractivity contribution in [3.05, 3.63) is 64.7 Å². The fraction of sp³-hybridized carbons (Fsp3) is 0.222. The van der Waals surface area contributed by atoms with E-state index in [2.05, 4.69) is 17.6 Å². The summed E-state index contributed by atoms with van der Waals surface area (Å²) >= 11 is 5.85. The first-order chi connectivity index (χ1) is 11.0. The second-order valence-electron chi connectivity index (χ2n) is 5.25. The monoisotopic (exact) mass is 330 g/mol. The van der Waals surface area contributed by atoms with Crippen molar-refractivity contribution in [2.45, 2.75) is 26.3 Å². The Labute approximate surface area is 140 Å². The van der Waals surface area contributed by atoms with Crippen LogP contribution >= 0.6 is 11.6 Å². The van der Waals surface area contributed by atoms with Crippen LogP contribution in [0.3, 0.4) is 0 Å². The molecule has 2 aromatic rings. The smallest absolute Gasteiger partial charge is 0.313 e. The molecular formula is C18H19ClN2O2. The fourth-order valence-corrected chi connectivity index (χ4v) is 2.33. The van der Waals surface area contributed by atoms with E-state index in [0.717, 1.165) is 12.0 Å². The zero-order chi connectivity index (χ0) is 16.8. The molecule has 120 valence electrons. The maximum absolute atomic E-state index is 12.0. The quantitative estimate of drug-likeness (QED) is 0.839. The summed E-state index contributed by atoms with van der Waals surface area (Å²) in [4.78, 5) is 23.9. The molecule has 2 N–H and O–H groups in total. The lowest BCUT2D eigenvalue weighted by Crippen LogP contribution is -2.36. The Balaban J connectivity index is 1.95. The standard InChI is InChI=1S/C18H19ClN2O2/c1-3-13-7-9-14(10-8-13)12(2)20-17(22)18(23)21-16-6-4-5-15(19)11-16/h4-12H,3H2,1-2H3,(H,20,22)(H,21,23). The molecule has 0 radical (unpaired) electrons. The zero-order valence-electron chi connectivity index (χ0n) is 13.1. The highest BCUT2D eigenvalue weighted by Gasteiger charge is 2.17. The van der Waals surface area contributed by atoms with Crippen molar-refractivity contribution in [1.29, 1.82) is 0 Å². The van der Waals surface area contributed by atoms with Crippen molar-refractivity contribution in [2.24, 2.45) is 0 Å². The van der Waals surface area contributed by atoms with Crippen molar-refractivity contribution < 1.29 is 9.59 Å². The maximum atomic E-state index is 12.0. The summed E-state index contributed by atoms with van der Waals surface area (Å²) in [5, 5.41) is 5.70. The number of rotatable bonds is 4. The summed E-state index contributed by atoms with van der Waals surface area (Å²) in [7, 11) is 0. The number of hydrogen-bond acceptors (Lipinski definition) is 2. The summed E-state index contributed by atoms with van der Waals surface area (Å²) < 4.78 is 0. The van der Waals surface area contributed by atoms with Gasteiger partial charge >= 0.3 is 11.8 Å². The van der Waals surface area contributed by atoms with Crippen LogP contribution in [-0.4, -0.2) is 11.8 Å². The Kier molecular flexibility index (Phi) is 5.77. The summed E-state index contributed by atoms with van der Waals surface area (Å²) in [6.45, 7) is 3.92. The third-order valence-corrected chi connectivity index (χ3v) is 3.76. The molecule has 0 heterocycles. The van der Waals surface area contributed by atoms with Gasteiger partial charge in [0.15, 0.2) is 0 Å². The number of hydrogen-bond donors (Lipinski definition) is 2. The van der Waals surface area contributed by atoms with Crippen LogP contribution in [0.25, 0.3) is 0 Å². The average Bonchev–Trinajstić information content (AvgIpc) is 2.54. The Bertz CT molecular complexity index is 698. The van der Waals surface area contributed by atoms with Crippen molar-refractivity contribution >= 4 is 29.1 Å². The van der Waals surface area contributed by atoms with Gasteiger partial charge in [0.25, 0.3) is 0 Å². The summed E-state index contributed by atoms with van der Waals surface area (Å²) in [5.74, 6) is -1.40. The Hall–Kier alpha value is -2.33. The molecule has 2 amide bonds. The molecule has 0 spiro atoms. The van der Waals surface area contributed by atoms with Crippen LogP contribution in [0.15, 0.2) is 48.5 Å². The number of carbonyl (C=O) groups is 2. The summed E-state index contributed by atoms with van der Waals surface area (Å²) in [5.41, 5.74) is 2.66. The van der Waals surface area contributed by atoms with E-state index < -0.39 is 11.8 Å². The van der Waals surface area contributed by atoms with Crippen molar-refractivity contribution in [3.63, 3.8) is 0 Å². The number of nitrogens with one attached hydrogen (secondary N) is 2. The molecule has 0 fully saturated rings. The van der Waals surface area contributed by atoms with Crippen LogP contribution in [0.2, 0.25) is 5.02 Å². The van der Waals surface area contributed by atoms with E-state index in [1.54, 1.807) is 24.3 Å². The van der Waals surface area contributed by atoms with Gasteiger partial charge in [0, 0.05) is 10.7 Å². The SMILES string of the molecule is CCc1ccc(C(C)NC(=O)C(=O)Nc2cccc(Cl)c2)cc1. The lowest BCUT2D eigenvalue weighted by Gasteiger charge is -2.14. The Morgan fingerprint density at radius 3 is 2.39 bits per heavy atom. The molecule has 2 aromatic carbocycles. The molecule has 0 aliphatic carbocycles. The predicted octanol–water partition coefficient (Wildman–Crippen LogP) is 3.72. The van der Waals surface area contributed by atoms with Crippen LogP contribution in [0.1, 0.15) is 31.0 Å². The second kappa shape index (κ2) is 7.79. The third kappa shape index (κ3) is 4.83. The van der Waals surface area contributed by atoms with Gasteiger partial charge in [-0.05, 0) is 42.7 Å². The minimum Gasteiger partial charge on any atom is -0.341 e. The molecule has 0 aliphatic heterocycles. The van der Waals surface area contributed by atoms with Gasteiger partial charge in [0.1, 0.15) is 0 Å². The van der Waals surface area contributed by atoms with Crippen LogP contribution in [0.5, 0.6) is 0 Å². The van der Waals surface area contributed by atoms with E-state index in [1.807, 2.05) is 31.2 Å². The molecule has 4 nitrogen and oxygen atoms in total. The van der Waals surface area contributed by atoms with E-state index in [4.69, 9.17) is 11.6 Å². The van der Waals surface area contributed by atoms with E-state index in [0.29, 0.717) is 10.7 Å².